The van der Waals surface area contributed by atoms with E-state index in [4.69, 9.17) is 34.2 Å². The minimum absolute atomic E-state index is 0.110. The first-order valence-electron chi connectivity index (χ1n) is 14.1. The molecule has 0 bridgehead atoms. The lowest BCUT2D eigenvalue weighted by molar-refractivity contribution is -0.139. The van der Waals surface area contributed by atoms with Gasteiger partial charge in [0.15, 0.2) is 11.5 Å². The molecule has 1 aromatic carbocycles. The zero-order chi connectivity index (χ0) is 30.8. The van der Waals surface area contributed by atoms with Crippen molar-refractivity contribution in [3.05, 3.63) is 23.8 Å². The second-order valence-corrected chi connectivity index (χ2v) is 10.2. The van der Waals surface area contributed by atoms with Gasteiger partial charge in [0.2, 0.25) is 0 Å². The van der Waals surface area contributed by atoms with Gasteiger partial charge in [-0.1, -0.05) is 66.4 Å². The second-order valence-electron chi connectivity index (χ2n) is 10.2. The molecule has 12 heteroatoms. The van der Waals surface area contributed by atoms with Gasteiger partial charge in [-0.05, 0) is 42.4 Å². The van der Waals surface area contributed by atoms with Gasteiger partial charge in [0.05, 0.1) is 26.4 Å². The van der Waals surface area contributed by atoms with E-state index in [2.05, 4.69) is 0 Å². The molecule has 0 heterocycles. The van der Waals surface area contributed by atoms with Crippen LogP contribution in [0.5, 0.6) is 11.5 Å². The Bertz CT molecular complexity index is 966. The van der Waals surface area contributed by atoms with Crippen LogP contribution >= 0.6 is 0 Å². The van der Waals surface area contributed by atoms with E-state index >= 15 is 0 Å². The Hall–Kier alpha value is -3.54. The van der Waals surface area contributed by atoms with Crippen LogP contribution in [0.1, 0.15) is 84.6 Å². The Kier molecular flexibility index (Phi) is 16.9. The van der Waals surface area contributed by atoms with Gasteiger partial charge in [0.1, 0.15) is 6.04 Å². The molecule has 0 fully saturated rings. The molecular weight excluding hydrogens is 538 g/mol. The maximum Gasteiger partial charge on any atom is 0.513 e. The van der Waals surface area contributed by atoms with Crippen molar-refractivity contribution < 1.29 is 52.7 Å². The van der Waals surface area contributed by atoms with E-state index < -0.39 is 42.3 Å². The Balaban J connectivity index is 3.21. The van der Waals surface area contributed by atoms with E-state index in [0.29, 0.717) is 18.4 Å². The average molecular weight is 584 g/mol. The molecular formula is C29H45NO11. The van der Waals surface area contributed by atoms with Gasteiger partial charge in [-0.3, -0.25) is 4.79 Å². The Morgan fingerprint density at radius 1 is 0.756 bits per heavy atom. The van der Waals surface area contributed by atoms with Crippen molar-refractivity contribution in [2.24, 2.45) is 17.6 Å². The molecule has 0 amide bonds. The summed E-state index contributed by atoms with van der Waals surface area (Å²) in [6.07, 6.45) is 2.02. The van der Waals surface area contributed by atoms with Crippen LogP contribution in [0.3, 0.4) is 0 Å². The largest absolute Gasteiger partial charge is 0.513 e. The lowest BCUT2D eigenvalue weighted by Gasteiger charge is -2.28. The molecule has 2 unspecified atom stereocenters. The van der Waals surface area contributed by atoms with E-state index in [1.807, 2.05) is 27.7 Å². The summed E-state index contributed by atoms with van der Waals surface area (Å²) in [5.41, 5.74) is 6.37. The summed E-state index contributed by atoms with van der Waals surface area (Å²) in [5, 5.41) is 9.69. The molecule has 0 aliphatic carbocycles. The highest BCUT2D eigenvalue weighted by Gasteiger charge is 2.33. The van der Waals surface area contributed by atoms with Gasteiger partial charge in [0.25, 0.3) is 0 Å². The van der Waals surface area contributed by atoms with Crippen LogP contribution in [-0.4, -0.2) is 62.0 Å². The van der Waals surface area contributed by atoms with Gasteiger partial charge in [0, 0.05) is 5.92 Å². The summed E-state index contributed by atoms with van der Waals surface area (Å²) in [5.74, 6) is -3.01. The molecule has 0 aromatic heterocycles. The van der Waals surface area contributed by atoms with Crippen molar-refractivity contribution in [1.82, 2.24) is 0 Å². The van der Waals surface area contributed by atoms with E-state index in [9.17, 15) is 24.3 Å². The normalized spacial score (nSPS) is 13.0. The molecule has 1 rings (SSSR count). The van der Waals surface area contributed by atoms with Crippen LogP contribution in [0.25, 0.3) is 0 Å². The lowest BCUT2D eigenvalue weighted by Crippen LogP contribution is -2.40. The third kappa shape index (κ3) is 14.1. The van der Waals surface area contributed by atoms with Crippen LogP contribution in [0.15, 0.2) is 18.2 Å². The zero-order valence-electron chi connectivity index (χ0n) is 24.7. The number of nitrogens with two attached hydrogens (primary N) is 1. The number of hydrogen-bond donors (Lipinski definition) is 2. The molecule has 0 radical (unpaired) electrons. The maximum atomic E-state index is 12.4. The van der Waals surface area contributed by atoms with E-state index in [0.717, 1.165) is 25.7 Å². The standard InChI is InChI=1S/C29H45NO11/c1-6-8-10-14-36-28(34)40-22-13-12-21(16-23(22)41-29(35)37-15-11-9-7-2)24(25(30)26(31)32)20(5)18-39-27(33)38-17-19(3)4/h12-13,16,19-20,24-25H,6-11,14-15,17-18,30H2,1-5H3,(H,31,32)/t20?,24?,25-/m0/s1. The number of ether oxygens (including phenoxy) is 6. The van der Waals surface area contributed by atoms with Gasteiger partial charge in [-0.25, -0.2) is 14.4 Å². The van der Waals surface area contributed by atoms with E-state index in [1.54, 1.807) is 6.92 Å². The number of carbonyl (C=O) groups excluding carboxylic acids is 3. The SMILES string of the molecule is CCCCCOC(=O)Oc1ccc(C(C(C)COC(=O)OCC(C)C)[C@H](N)C(=O)O)cc1OC(=O)OCCCCC. The smallest absolute Gasteiger partial charge is 0.480 e. The Morgan fingerprint density at radius 3 is 1.80 bits per heavy atom. The van der Waals surface area contributed by atoms with Crippen molar-refractivity contribution in [2.45, 2.75) is 85.1 Å². The number of benzene rings is 1. The van der Waals surface area contributed by atoms with Gasteiger partial charge < -0.3 is 39.3 Å². The average Bonchev–Trinajstić information content (AvgIpc) is 2.92. The predicted molar refractivity (Wildman–Crippen MR) is 149 cm³/mol. The van der Waals surface area contributed by atoms with Crippen LogP contribution in [-0.2, 0) is 23.7 Å². The fourth-order valence-electron chi connectivity index (χ4n) is 3.77. The lowest BCUT2D eigenvalue weighted by atomic mass is 9.82. The topological polar surface area (TPSA) is 170 Å². The monoisotopic (exact) mass is 583 g/mol. The fourth-order valence-corrected chi connectivity index (χ4v) is 3.77. The van der Waals surface area contributed by atoms with Gasteiger partial charge in [-0.2, -0.15) is 0 Å². The van der Waals surface area contributed by atoms with Crippen molar-refractivity contribution in [1.29, 1.82) is 0 Å². The first-order chi connectivity index (χ1) is 19.5. The summed E-state index contributed by atoms with van der Waals surface area (Å²) in [4.78, 5) is 48.5. The third-order valence-corrected chi connectivity index (χ3v) is 5.96. The zero-order valence-corrected chi connectivity index (χ0v) is 24.7. The predicted octanol–water partition coefficient (Wildman–Crippen LogP) is 6.04. The molecule has 41 heavy (non-hydrogen) atoms. The number of hydrogen-bond acceptors (Lipinski definition) is 11. The van der Waals surface area contributed by atoms with Crippen molar-refractivity contribution >= 4 is 24.4 Å². The van der Waals surface area contributed by atoms with Crippen LogP contribution in [0, 0.1) is 11.8 Å². The molecule has 12 nitrogen and oxygen atoms in total. The third-order valence-electron chi connectivity index (χ3n) is 5.96. The van der Waals surface area contributed by atoms with Crippen LogP contribution in [0.4, 0.5) is 14.4 Å². The number of aliphatic carboxylic acids is 1. The summed E-state index contributed by atoms with van der Waals surface area (Å²) < 4.78 is 31.0. The molecule has 0 aliphatic rings. The summed E-state index contributed by atoms with van der Waals surface area (Å²) in [6.45, 7) is 9.69. The highest BCUT2D eigenvalue weighted by atomic mass is 16.7. The first kappa shape index (κ1) is 35.5. The number of carbonyl (C=O) groups is 4. The second kappa shape index (κ2) is 19.5. The molecule has 0 saturated carbocycles. The molecule has 0 spiro atoms. The Labute approximate surface area is 241 Å². The minimum atomic E-state index is -1.41. The van der Waals surface area contributed by atoms with Crippen molar-refractivity contribution in [2.75, 3.05) is 26.4 Å². The molecule has 232 valence electrons. The van der Waals surface area contributed by atoms with Crippen LogP contribution < -0.4 is 15.2 Å². The number of carboxylic acid groups (broad SMARTS) is 1. The molecule has 0 saturated heterocycles. The maximum absolute atomic E-state index is 12.4. The van der Waals surface area contributed by atoms with Crippen LogP contribution in [0.2, 0.25) is 0 Å². The fraction of sp³-hybridized carbons (Fsp3) is 0.655. The Morgan fingerprint density at radius 2 is 1.29 bits per heavy atom. The van der Waals surface area contributed by atoms with Gasteiger partial charge in [-0.15, -0.1) is 0 Å². The van der Waals surface area contributed by atoms with E-state index in [-0.39, 0.29) is 43.8 Å². The van der Waals surface area contributed by atoms with E-state index in [1.165, 1.54) is 18.2 Å². The van der Waals surface area contributed by atoms with Gasteiger partial charge >= 0.3 is 24.4 Å². The molecule has 3 N–H and O–H groups in total. The van der Waals surface area contributed by atoms with Crippen molar-refractivity contribution in [3.8, 4) is 11.5 Å². The highest BCUT2D eigenvalue weighted by Crippen LogP contribution is 2.36. The summed E-state index contributed by atoms with van der Waals surface area (Å²) in [7, 11) is 0. The number of unbranched alkanes of at least 4 members (excludes halogenated alkanes) is 4. The number of rotatable bonds is 18. The highest BCUT2D eigenvalue weighted by molar-refractivity contribution is 5.75. The minimum Gasteiger partial charge on any atom is -0.480 e. The molecule has 0 aliphatic heterocycles. The summed E-state index contributed by atoms with van der Waals surface area (Å²) in [6, 6.07) is 2.76. The number of carboxylic acids is 1. The summed E-state index contributed by atoms with van der Waals surface area (Å²) >= 11 is 0. The quantitative estimate of drug-likeness (QED) is 0.0890. The molecule has 3 atom stereocenters. The first-order valence-corrected chi connectivity index (χ1v) is 14.1. The molecule has 1 aromatic rings. The van der Waals surface area contributed by atoms with Crippen molar-refractivity contribution in [3.63, 3.8) is 0 Å².